The molecule has 0 heterocycles. The molecule has 8 nitrogen and oxygen atoms in total. The molecule has 1 aliphatic rings. The highest BCUT2D eigenvalue weighted by molar-refractivity contribution is 5.89. The fourth-order valence-corrected chi connectivity index (χ4v) is 2.23. The number of aliphatic hydroxyl groups excluding tert-OH is 2. The van der Waals surface area contributed by atoms with Crippen LogP contribution in [0.15, 0.2) is 48.1 Å². The summed E-state index contributed by atoms with van der Waals surface area (Å²) in [6.45, 7) is 0. The van der Waals surface area contributed by atoms with Crippen LogP contribution in [0.4, 0.5) is 0 Å². The van der Waals surface area contributed by atoms with E-state index < -0.39 is 30.3 Å². The maximum absolute atomic E-state index is 11.8. The fraction of sp³-hybridized carbons (Fsp3) is 0.222. The van der Waals surface area contributed by atoms with Crippen LogP contribution in [0.25, 0.3) is 6.08 Å². The van der Waals surface area contributed by atoms with Crippen LogP contribution in [-0.2, 0) is 14.3 Å². The number of aliphatic hydroxyl groups is 2. The molecule has 1 aliphatic carbocycles. The van der Waals surface area contributed by atoms with Crippen molar-refractivity contribution in [3.05, 3.63) is 53.6 Å². The van der Waals surface area contributed by atoms with Crippen LogP contribution in [0.1, 0.15) is 12.0 Å². The lowest BCUT2D eigenvalue weighted by molar-refractivity contribution is -0.160. The zero-order valence-electron chi connectivity index (χ0n) is 13.5. The van der Waals surface area contributed by atoms with Crippen molar-refractivity contribution in [2.45, 2.75) is 24.7 Å². The number of allylic oxidation sites excluding steroid dienone is 1. The minimum absolute atomic E-state index is 0.171. The second-order valence-corrected chi connectivity index (χ2v) is 5.63. The Labute approximate surface area is 148 Å². The van der Waals surface area contributed by atoms with E-state index >= 15 is 0 Å². The van der Waals surface area contributed by atoms with E-state index in [1.807, 2.05) is 0 Å². The van der Waals surface area contributed by atoms with Crippen molar-refractivity contribution in [1.29, 1.82) is 0 Å². The second kappa shape index (κ2) is 8.32. The third kappa shape index (κ3) is 5.20. The molecule has 0 saturated heterocycles. The van der Waals surface area contributed by atoms with E-state index in [-0.39, 0.29) is 17.9 Å². The summed E-state index contributed by atoms with van der Waals surface area (Å²) in [5.41, 5.74) is 0.814. The molecule has 3 atom stereocenters. The monoisotopic (exact) mass is 362 g/mol. The Balaban J connectivity index is 2.00. The molecule has 0 bridgehead atoms. The van der Waals surface area contributed by atoms with Crippen LogP contribution in [0, 0.1) is 0 Å². The number of phenolic OH excluding ortho intramolecular Hbond substituents is 2. The lowest BCUT2D eigenvalue weighted by Gasteiger charge is -2.19. The summed E-state index contributed by atoms with van der Waals surface area (Å²) in [4.78, 5) is 23.1. The van der Waals surface area contributed by atoms with Gasteiger partial charge < -0.3 is 30.3 Å². The normalized spacial score (nSPS) is 20.6. The van der Waals surface area contributed by atoms with E-state index in [0.29, 0.717) is 11.1 Å². The highest BCUT2D eigenvalue weighted by Gasteiger charge is 2.24. The molecule has 8 heteroatoms. The Kier molecular flexibility index (Phi) is 6.16. The maximum Gasteiger partial charge on any atom is 0.345 e. The molecule has 0 aromatic heterocycles. The molecule has 0 fully saturated rings. The standard InChI is InChI=1S/C18H18O8/c19-12-4-1-10(7-14(12)21)3-6-17(23)26-16(18(24)25)9-11-2-5-13(20)15(22)8-11/h1-8,13,15-16,19-22H,9H2,(H,24,25)/t13-,15-,16-/m0/s1. The van der Waals surface area contributed by atoms with Gasteiger partial charge in [0.15, 0.2) is 11.5 Å². The highest BCUT2D eigenvalue weighted by atomic mass is 16.6. The third-order valence-electron chi connectivity index (χ3n) is 3.61. The lowest BCUT2D eigenvalue weighted by Crippen LogP contribution is -2.29. The van der Waals surface area contributed by atoms with Gasteiger partial charge in [-0.15, -0.1) is 0 Å². The molecule has 26 heavy (non-hydrogen) atoms. The Morgan fingerprint density at radius 1 is 1.15 bits per heavy atom. The van der Waals surface area contributed by atoms with Gasteiger partial charge in [-0.25, -0.2) is 9.59 Å². The van der Waals surface area contributed by atoms with Gasteiger partial charge in [0.05, 0.1) is 0 Å². The van der Waals surface area contributed by atoms with Crippen LogP contribution in [-0.4, -0.2) is 55.8 Å². The lowest BCUT2D eigenvalue weighted by atomic mass is 9.98. The molecule has 0 unspecified atom stereocenters. The number of carboxylic acids is 1. The van der Waals surface area contributed by atoms with Gasteiger partial charge in [-0.05, 0) is 35.4 Å². The van der Waals surface area contributed by atoms with Gasteiger partial charge in [0, 0.05) is 12.5 Å². The van der Waals surface area contributed by atoms with Crippen molar-refractivity contribution in [3.8, 4) is 11.5 Å². The van der Waals surface area contributed by atoms with Gasteiger partial charge in [0.2, 0.25) is 6.10 Å². The number of ether oxygens (including phenoxy) is 1. The molecular formula is C18H18O8. The third-order valence-corrected chi connectivity index (χ3v) is 3.61. The fourth-order valence-electron chi connectivity index (χ4n) is 2.23. The SMILES string of the molecule is O=C(C=Cc1ccc(O)c(O)c1)O[C@@H](CC1=C[C@H](O)[C@@H](O)C=C1)C(=O)O. The Morgan fingerprint density at radius 2 is 1.88 bits per heavy atom. The van der Waals surface area contributed by atoms with E-state index in [0.717, 1.165) is 6.08 Å². The number of carboxylic acid groups (broad SMARTS) is 1. The van der Waals surface area contributed by atoms with Crippen molar-refractivity contribution in [2.75, 3.05) is 0 Å². The van der Waals surface area contributed by atoms with E-state index in [4.69, 9.17) is 4.74 Å². The highest BCUT2D eigenvalue weighted by Crippen LogP contribution is 2.25. The largest absolute Gasteiger partial charge is 0.504 e. The number of carbonyl (C=O) groups is 2. The topological polar surface area (TPSA) is 145 Å². The molecule has 5 N–H and O–H groups in total. The molecule has 0 spiro atoms. The number of hydrogen-bond acceptors (Lipinski definition) is 7. The predicted molar refractivity (Wildman–Crippen MR) is 90.2 cm³/mol. The molecular weight excluding hydrogens is 344 g/mol. The Bertz CT molecular complexity index is 777. The van der Waals surface area contributed by atoms with Gasteiger partial charge in [0.25, 0.3) is 0 Å². The molecule has 1 aromatic carbocycles. The number of hydrogen-bond donors (Lipinski definition) is 5. The van der Waals surface area contributed by atoms with Crippen LogP contribution < -0.4 is 0 Å². The van der Waals surface area contributed by atoms with Crippen molar-refractivity contribution >= 4 is 18.0 Å². The molecule has 0 saturated carbocycles. The quantitative estimate of drug-likeness (QED) is 0.283. The smallest absolute Gasteiger partial charge is 0.345 e. The van der Waals surface area contributed by atoms with Gasteiger partial charge in [-0.3, -0.25) is 0 Å². The zero-order chi connectivity index (χ0) is 19.3. The summed E-state index contributed by atoms with van der Waals surface area (Å²) in [7, 11) is 0. The van der Waals surface area contributed by atoms with Crippen LogP contribution in [0.5, 0.6) is 11.5 Å². The number of aromatic hydroxyl groups is 2. The van der Waals surface area contributed by atoms with E-state index in [1.165, 1.54) is 42.5 Å². The average Bonchev–Trinajstić information content (AvgIpc) is 2.58. The first-order chi connectivity index (χ1) is 12.3. The molecule has 0 aliphatic heterocycles. The molecule has 0 radical (unpaired) electrons. The van der Waals surface area contributed by atoms with Crippen molar-refractivity contribution in [3.63, 3.8) is 0 Å². The number of phenols is 2. The van der Waals surface area contributed by atoms with E-state index in [9.17, 15) is 35.1 Å². The number of benzene rings is 1. The Hall–Kier alpha value is -3.10. The molecule has 0 amide bonds. The summed E-state index contributed by atoms with van der Waals surface area (Å²) in [5.74, 6) is -2.94. The zero-order valence-corrected chi connectivity index (χ0v) is 13.5. The van der Waals surface area contributed by atoms with Crippen molar-refractivity contribution in [2.24, 2.45) is 0 Å². The van der Waals surface area contributed by atoms with E-state index in [2.05, 4.69) is 0 Å². The van der Waals surface area contributed by atoms with Crippen LogP contribution >= 0.6 is 0 Å². The number of rotatable bonds is 6. The minimum Gasteiger partial charge on any atom is -0.504 e. The predicted octanol–water partition coefficient (Wildman–Crippen LogP) is 0.715. The van der Waals surface area contributed by atoms with Gasteiger partial charge in [0.1, 0.15) is 12.2 Å². The minimum atomic E-state index is -1.47. The summed E-state index contributed by atoms with van der Waals surface area (Å²) >= 11 is 0. The van der Waals surface area contributed by atoms with Crippen LogP contribution in [0.3, 0.4) is 0 Å². The first-order valence-electron chi connectivity index (χ1n) is 7.65. The average molecular weight is 362 g/mol. The van der Waals surface area contributed by atoms with Gasteiger partial charge >= 0.3 is 11.9 Å². The number of aliphatic carboxylic acids is 1. The Morgan fingerprint density at radius 3 is 2.50 bits per heavy atom. The van der Waals surface area contributed by atoms with Crippen molar-refractivity contribution in [1.82, 2.24) is 0 Å². The molecule has 138 valence electrons. The number of carbonyl (C=O) groups excluding carboxylic acids is 1. The van der Waals surface area contributed by atoms with Gasteiger partial charge in [-0.1, -0.05) is 18.2 Å². The molecule has 1 aromatic rings. The summed E-state index contributed by atoms with van der Waals surface area (Å²) in [6.07, 6.45) is 2.49. The first kappa shape index (κ1) is 19.2. The maximum atomic E-state index is 11.8. The van der Waals surface area contributed by atoms with Crippen molar-refractivity contribution < 1.29 is 39.9 Å². The summed E-state index contributed by atoms with van der Waals surface area (Å²) in [6, 6.07) is 3.90. The summed E-state index contributed by atoms with van der Waals surface area (Å²) in [5, 5.41) is 46.7. The van der Waals surface area contributed by atoms with E-state index in [1.54, 1.807) is 0 Å². The first-order valence-corrected chi connectivity index (χ1v) is 7.65. The van der Waals surface area contributed by atoms with Gasteiger partial charge in [-0.2, -0.15) is 0 Å². The van der Waals surface area contributed by atoms with Crippen LogP contribution in [0.2, 0.25) is 0 Å². The number of esters is 1. The summed E-state index contributed by atoms with van der Waals surface area (Å²) < 4.78 is 4.90. The second-order valence-electron chi connectivity index (χ2n) is 5.63. The molecule has 2 rings (SSSR count).